The fraction of sp³-hybridized carbons (Fsp3) is 0.900. The Labute approximate surface area is 96.8 Å². The summed E-state index contributed by atoms with van der Waals surface area (Å²) in [6.07, 6.45) is -1.30. The Balaban J connectivity index is 1.77. The lowest BCUT2D eigenvalue weighted by Crippen LogP contribution is -2.44. The van der Waals surface area contributed by atoms with Gasteiger partial charge in [-0.15, -0.1) is 0 Å². The molecule has 0 aromatic carbocycles. The second kappa shape index (κ2) is 4.81. The Morgan fingerprint density at radius 2 is 2.18 bits per heavy atom. The first kappa shape index (κ1) is 12.6. The van der Waals surface area contributed by atoms with Gasteiger partial charge in [0.2, 0.25) is 0 Å². The van der Waals surface area contributed by atoms with Crippen LogP contribution in [-0.4, -0.2) is 31.3 Å². The van der Waals surface area contributed by atoms with E-state index < -0.39 is 24.7 Å². The molecule has 1 saturated heterocycles. The summed E-state index contributed by atoms with van der Waals surface area (Å²) in [6.45, 7) is -0.693. The van der Waals surface area contributed by atoms with Gasteiger partial charge in [0.15, 0.2) is 6.61 Å². The molecule has 0 aromatic heterocycles. The minimum atomic E-state index is -4.42. The summed E-state index contributed by atoms with van der Waals surface area (Å²) < 4.78 is 35.4. The van der Waals surface area contributed by atoms with Crippen LogP contribution in [0.2, 0.25) is 0 Å². The smallest absolute Gasteiger partial charge is 0.305 e. The van der Waals surface area contributed by atoms with E-state index >= 15 is 0 Å². The zero-order valence-corrected chi connectivity index (χ0v) is 9.22. The summed E-state index contributed by atoms with van der Waals surface area (Å²) in [4.78, 5) is 15.8. The highest BCUT2D eigenvalue weighted by atomic mass is 19.4. The number of carbonyl (C=O) groups is 1. The van der Waals surface area contributed by atoms with Crippen molar-refractivity contribution >= 4 is 5.91 Å². The van der Waals surface area contributed by atoms with Gasteiger partial charge in [-0.3, -0.25) is 9.63 Å². The molecule has 3 unspecified atom stereocenters. The van der Waals surface area contributed by atoms with Crippen molar-refractivity contribution < 1.29 is 22.8 Å². The number of nitrogens with one attached hydrogen (secondary N) is 2. The zero-order valence-electron chi connectivity index (χ0n) is 9.22. The molecule has 2 fully saturated rings. The molecule has 0 radical (unpaired) electrons. The van der Waals surface area contributed by atoms with Crippen LogP contribution in [0.1, 0.15) is 19.3 Å². The van der Waals surface area contributed by atoms with E-state index in [-0.39, 0.29) is 5.92 Å². The molecule has 2 aliphatic rings. The molecule has 1 heterocycles. The Bertz CT molecular complexity index is 296. The maximum atomic E-state index is 11.8. The molecule has 2 rings (SSSR count). The van der Waals surface area contributed by atoms with Crippen molar-refractivity contribution in [3.63, 3.8) is 0 Å². The molecule has 4 nitrogen and oxygen atoms in total. The van der Waals surface area contributed by atoms with Gasteiger partial charge in [0.1, 0.15) is 0 Å². The Morgan fingerprint density at radius 1 is 1.41 bits per heavy atom. The number of hydroxylamine groups is 1. The maximum absolute atomic E-state index is 11.8. The molecule has 1 amide bonds. The van der Waals surface area contributed by atoms with Crippen LogP contribution >= 0.6 is 0 Å². The van der Waals surface area contributed by atoms with Crippen LogP contribution in [0, 0.1) is 11.8 Å². The molecular weight excluding hydrogens is 237 g/mol. The van der Waals surface area contributed by atoms with Crippen LogP contribution in [0.5, 0.6) is 0 Å². The summed E-state index contributed by atoms with van der Waals surface area (Å²) in [5.41, 5.74) is 1.87. The fourth-order valence-electron chi connectivity index (χ4n) is 2.73. The molecule has 0 bridgehead atoms. The van der Waals surface area contributed by atoms with Gasteiger partial charge < -0.3 is 5.32 Å². The summed E-state index contributed by atoms with van der Waals surface area (Å²) in [5, 5.41) is 3.03. The molecule has 17 heavy (non-hydrogen) atoms. The molecule has 98 valence electrons. The van der Waals surface area contributed by atoms with Crippen LogP contribution in [0.3, 0.4) is 0 Å². The number of halogens is 3. The number of amides is 1. The molecule has 2 N–H and O–H groups in total. The molecule has 1 aliphatic heterocycles. The topological polar surface area (TPSA) is 50.4 Å². The number of carbonyl (C=O) groups excluding carboxylic acids is 1. The highest BCUT2D eigenvalue weighted by Crippen LogP contribution is 2.37. The first-order valence-corrected chi connectivity index (χ1v) is 5.69. The minimum absolute atomic E-state index is 0.240. The van der Waals surface area contributed by atoms with Crippen molar-refractivity contribution in [2.45, 2.75) is 31.5 Å². The molecule has 0 aromatic rings. The van der Waals surface area contributed by atoms with Crippen LogP contribution in [0.25, 0.3) is 0 Å². The monoisotopic (exact) mass is 252 g/mol. The van der Waals surface area contributed by atoms with Crippen molar-refractivity contribution in [1.82, 2.24) is 10.8 Å². The number of fused-ring (bicyclic) bond motifs is 1. The summed E-state index contributed by atoms with van der Waals surface area (Å²) in [6, 6.07) is -0.407. The standard InChI is InChI=1S/C10H15F3N2O2/c11-10(12,13)5-17-15-9(16)8-7-3-1-2-6(7)4-14-8/h6-8,14H,1-5H2,(H,15,16). The van der Waals surface area contributed by atoms with E-state index in [1.54, 1.807) is 0 Å². The van der Waals surface area contributed by atoms with E-state index in [1.807, 2.05) is 5.48 Å². The molecule has 0 spiro atoms. The zero-order chi connectivity index (χ0) is 12.5. The Kier molecular flexibility index (Phi) is 3.58. The Hall–Kier alpha value is -0.820. The fourth-order valence-corrected chi connectivity index (χ4v) is 2.73. The van der Waals surface area contributed by atoms with E-state index in [1.165, 1.54) is 0 Å². The number of hydrogen-bond donors (Lipinski definition) is 2. The van der Waals surface area contributed by atoms with Crippen molar-refractivity contribution in [3.8, 4) is 0 Å². The van der Waals surface area contributed by atoms with Gasteiger partial charge in [-0.05, 0) is 31.2 Å². The third kappa shape index (κ3) is 3.10. The van der Waals surface area contributed by atoms with Gasteiger partial charge in [0.25, 0.3) is 5.91 Å². The lowest BCUT2D eigenvalue weighted by Gasteiger charge is -2.17. The van der Waals surface area contributed by atoms with Gasteiger partial charge in [-0.25, -0.2) is 5.48 Å². The first-order chi connectivity index (χ1) is 7.97. The predicted octanol–water partition coefficient (Wildman–Crippen LogP) is 0.985. The highest BCUT2D eigenvalue weighted by Gasteiger charge is 2.42. The third-order valence-electron chi connectivity index (χ3n) is 3.44. The van der Waals surface area contributed by atoms with Gasteiger partial charge in [-0.2, -0.15) is 13.2 Å². The van der Waals surface area contributed by atoms with Crippen LogP contribution in [-0.2, 0) is 9.63 Å². The predicted molar refractivity (Wildman–Crippen MR) is 52.8 cm³/mol. The second-order valence-corrected chi connectivity index (χ2v) is 4.61. The van der Waals surface area contributed by atoms with Gasteiger partial charge in [0.05, 0.1) is 6.04 Å². The maximum Gasteiger partial charge on any atom is 0.414 e. The summed E-state index contributed by atoms with van der Waals surface area (Å²) in [7, 11) is 0. The highest BCUT2D eigenvalue weighted by molar-refractivity contribution is 5.81. The Morgan fingerprint density at radius 3 is 2.88 bits per heavy atom. The first-order valence-electron chi connectivity index (χ1n) is 5.69. The van der Waals surface area contributed by atoms with Crippen LogP contribution in [0.15, 0.2) is 0 Å². The van der Waals surface area contributed by atoms with Crippen LogP contribution in [0.4, 0.5) is 13.2 Å². The quantitative estimate of drug-likeness (QED) is 0.736. The lowest BCUT2D eigenvalue weighted by atomic mass is 9.94. The van der Waals surface area contributed by atoms with Crippen molar-refractivity contribution in [1.29, 1.82) is 0 Å². The van der Waals surface area contributed by atoms with Crippen molar-refractivity contribution in [2.24, 2.45) is 11.8 Å². The van der Waals surface area contributed by atoms with Gasteiger partial charge >= 0.3 is 6.18 Å². The number of hydrogen-bond acceptors (Lipinski definition) is 3. The normalized spacial score (nSPS) is 32.5. The average Bonchev–Trinajstić information content (AvgIpc) is 2.74. The minimum Gasteiger partial charge on any atom is -0.305 e. The number of rotatable bonds is 3. The van der Waals surface area contributed by atoms with Crippen LogP contribution < -0.4 is 10.8 Å². The third-order valence-corrected chi connectivity index (χ3v) is 3.44. The van der Waals surface area contributed by atoms with Gasteiger partial charge in [-0.1, -0.05) is 6.42 Å². The molecular formula is C10H15F3N2O2. The van der Waals surface area contributed by atoms with E-state index in [4.69, 9.17) is 0 Å². The number of alkyl halides is 3. The van der Waals surface area contributed by atoms with E-state index in [2.05, 4.69) is 10.2 Å². The average molecular weight is 252 g/mol. The van der Waals surface area contributed by atoms with E-state index in [0.717, 1.165) is 25.8 Å². The van der Waals surface area contributed by atoms with Crippen molar-refractivity contribution in [3.05, 3.63) is 0 Å². The van der Waals surface area contributed by atoms with E-state index in [9.17, 15) is 18.0 Å². The second-order valence-electron chi connectivity index (χ2n) is 4.61. The van der Waals surface area contributed by atoms with E-state index in [0.29, 0.717) is 5.92 Å². The molecule has 3 atom stereocenters. The summed E-state index contributed by atoms with van der Waals surface area (Å²) in [5.74, 6) is 0.224. The molecule has 1 aliphatic carbocycles. The van der Waals surface area contributed by atoms with Gasteiger partial charge in [0, 0.05) is 0 Å². The largest absolute Gasteiger partial charge is 0.414 e. The molecule has 1 saturated carbocycles. The molecule has 7 heteroatoms. The lowest BCUT2D eigenvalue weighted by molar-refractivity contribution is -0.192. The SMILES string of the molecule is O=C(NOCC(F)(F)F)C1NCC2CCCC21. The van der Waals surface area contributed by atoms with Crippen molar-refractivity contribution in [2.75, 3.05) is 13.2 Å². The summed E-state index contributed by atoms with van der Waals surface area (Å²) >= 11 is 0.